The summed E-state index contributed by atoms with van der Waals surface area (Å²) in [5.74, 6) is 0.157. The van der Waals surface area contributed by atoms with Crippen molar-refractivity contribution in [3.8, 4) is 0 Å². The highest BCUT2D eigenvalue weighted by molar-refractivity contribution is 5.98. The Balaban J connectivity index is 2.07. The molecule has 24 heavy (non-hydrogen) atoms. The minimum Gasteiger partial charge on any atom is -0.469 e. The number of fused-ring (bicyclic) bond motifs is 2. The fourth-order valence-electron chi connectivity index (χ4n) is 5.70. The third kappa shape index (κ3) is 2.31. The lowest BCUT2D eigenvalue weighted by atomic mass is 9.47. The van der Waals surface area contributed by atoms with E-state index in [1.54, 1.807) is 0 Å². The predicted octanol–water partition coefficient (Wildman–Crippen LogP) is 4.62. The van der Waals surface area contributed by atoms with Gasteiger partial charge in [0, 0.05) is 6.42 Å². The summed E-state index contributed by atoms with van der Waals surface area (Å²) in [6.45, 7) is 10.5. The Morgan fingerprint density at radius 2 is 1.96 bits per heavy atom. The van der Waals surface area contributed by atoms with Gasteiger partial charge < -0.3 is 4.74 Å². The molecule has 0 aliphatic heterocycles. The molecule has 1 saturated carbocycles. The van der Waals surface area contributed by atoms with Crippen LogP contribution >= 0.6 is 0 Å². The van der Waals surface area contributed by atoms with Gasteiger partial charge in [0.15, 0.2) is 5.78 Å². The van der Waals surface area contributed by atoms with E-state index in [2.05, 4.69) is 20.4 Å². The van der Waals surface area contributed by atoms with Gasteiger partial charge in [-0.2, -0.15) is 0 Å². The normalized spacial score (nSPS) is 42.2. The smallest absolute Gasteiger partial charge is 0.311 e. The van der Waals surface area contributed by atoms with Crippen LogP contribution in [0, 0.1) is 22.2 Å². The number of hydrogen-bond acceptors (Lipinski definition) is 3. The highest BCUT2D eigenvalue weighted by atomic mass is 16.5. The Kier molecular flexibility index (Phi) is 4.05. The van der Waals surface area contributed by atoms with Gasteiger partial charge in [-0.05, 0) is 61.3 Å². The van der Waals surface area contributed by atoms with E-state index in [1.807, 2.05) is 13.0 Å². The summed E-state index contributed by atoms with van der Waals surface area (Å²) in [6.07, 6.45) is 8.20. The quantitative estimate of drug-likeness (QED) is 0.548. The first-order valence-corrected chi connectivity index (χ1v) is 9.18. The Hall–Kier alpha value is -1.38. The minimum absolute atomic E-state index is 0.0258. The van der Waals surface area contributed by atoms with Crippen molar-refractivity contribution in [2.75, 3.05) is 7.11 Å². The molecular formula is C21H30O3. The second kappa shape index (κ2) is 5.57. The maximum absolute atomic E-state index is 13.0. The topological polar surface area (TPSA) is 43.4 Å². The van der Waals surface area contributed by atoms with Crippen molar-refractivity contribution < 1.29 is 14.3 Å². The summed E-state index contributed by atoms with van der Waals surface area (Å²) in [5, 5.41) is 0. The van der Waals surface area contributed by atoms with E-state index in [0.29, 0.717) is 6.42 Å². The van der Waals surface area contributed by atoms with Crippen molar-refractivity contribution in [3.05, 3.63) is 23.8 Å². The van der Waals surface area contributed by atoms with Crippen molar-refractivity contribution in [2.45, 2.75) is 65.7 Å². The Labute approximate surface area is 145 Å². The zero-order chi connectivity index (χ0) is 17.8. The molecule has 0 aromatic rings. The van der Waals surface area contributed by atoms with Crippen molar-refractivity contribution in [3.63, 3.8) is 0 Å². The van der Waals surface area contributed by atoms with Gasteiger partial charge in [0.2, 0.25) is 0 Å². The number of hydrogen-bond donors (Lipinski definition) is 0. The second-order valence-corrected chi connectivity index (χ2v) is 8.85. The monoisotopic (exact) mass is 330 g/mol. The number of ether oxygens (including phenoxy) is 1. The van der Waals surface area contributed by atoms with Gasteiger partial charge in [-0.25, -0.2) is 0 Å². The Bertz CT molecular complexity index is 631. The first-order chi connectivity index (χ1) is 11.2. The third-order valence-corrected chi connectivity index (χ3v) is 7.38. The molecule has 4 atom stereocenters. The minimum atomic E-state index is -0.547. The average Bonchev–Trinajstić information content (AvgIpc) is 2.56. The number of rotatable bonds is 2. The number of esters is 1. The third-order valence-electron chi connectivity index (χ3n) is 7.38. The Morgan fingerprint density at radius 3 is 2.58 bits per heavy atom. The van der Waals surface area contributed by atoms with E-state index >= 15 is 0 Å². The van der Waals surface area contributed by atoms with Crippen molar-refractivity contribution in [2.24, 2.45) is 22.2 Å². The van der Waals surface area contributed by atoms with Crippen LogP contribution in [0.15, 0.2) is 23.8 Å². The summed E-state index contributed by atoms with van der Waals surface area (Å²) >= 11 is 0. The number of allylic oxidation sites excluding steroid dienone is 3. The molecule has 0 N–H and O–H groups in total. The molecule has 0 bridgehead atoms. The van der Waals surface area contributed by atoms with Crippen LogP contribution in [-0.4, -0.2) is 18.9 Å². The van der Waals surface area contributed by atoms with Gasteiger partial charge in [0.25, 0.3) is 0 Å². The molecule has 0 amide bonds. The maximum Gasteiger partial charge on any atom is 0.311 e. The number of carbonyl (C=O) groups is 2. The average molecular weight is 330 g/mol. The number of ketones is 1. The van der Waals surface area contributed by atoms with E-state index in [9.17, 15) is 9.59 Å². The molecule has 3 rings (SSSR count). The summed E-state index contributed by atoms with van der Waals surface area (Å²) in [7, 11) is 1.46. The molecule has 132 valence electrons. The van der Waals surface area contributed by atoms with Crippen LogP contribution in [-0.2, 0) is 14.3 Å². The summed E-state index contributed by atoms with van der Waals surface area (Å²) < 4.78 is 5.13. The van der Waals surface area contributed by atoms with Gasteiger partial charge in [-0.3, -0.25) is 9.59 Å². The number of methoxy groups -OCH3 is 1. The van der Waals surface area contributed by atoms with Crippen LogP contribution in [0.3, 0.4) is 0 Å². The van der Waals surface area contributed by atoms with Crippen molar-refractivity contribution in [1.82, 2.24) is 0 Å². The fraction of sp³-hybridized carbons (Fsp3) is 0.714. The molecule has 4 unspecified atom stereocenters. The van der Waals surface area contributed by atoms with E-state index in [-0.39, 0.29) is 28.5 Å². The molecule has 3 heteroatoms. The van der Waals surface area contributed by atoms with Crippen molar-refractivity contribution in [1.29, 1.82) is 0 Å². The molecule has 0 radical (unpaired) electrons. The first-order valence-electron chi connectivity index (χ1n) is 9.18. The fourth-order valence-corrected chi connectivity index (χ4v) is 5.70. The van der Waals surface area contributed by atoms with Gasteiger partial charge in [0.1, 0.15) is 0 Å². The Morgan fingerprint density at radius 1 is 1.25 bits per heavy atom. The molecule has 0 spiro atoms. The van der Waals surface area contributed by atoms with Crippen LogP contribution in [0.25, 0.3) is 0 Å². The van der Waals surface area contributed by atoms with E-state index in [1.165, 1.54) is 12.7 Å². The maximum atomic E-state index is 13.0. The molecule has 0 aromatic carbocycles. The molecule has 0 saturated heterocycles. The van der Waals surface area contributed by atoms with Gasteiger partial charge in [0.05, 0.1) is 12.5 Å². The van der Waals surface area contributed by atoms with Gasteiger partial charge in [-0.1, -0.05) is 31.9 Å². The van der Waals surface area contributed by atoms with Crippen LogP contribution < -0.4 is 0 Å². The van der Waals surface area contributed by atoms with Gasteiger partial charge in [-0.15, -0.1) is 6.58 Å². The lowest BCUT2D eigenvalue weighted by Gasteiger charge is -2.56. The van der Waals surface area contributed by atoms with Crippen LogP contribution in [0.4, 0.5) is 0 Å². The largest absolute Gasteiger partial charge is 0.469 e. The van der Waals surface area contributed by atoms with Gasteiger partial charge >= 0.3 is 5.97 Å². The summed E-state index contributed by atoms with van der Waals surface area (Å²) in [5.41, 5.74) is 1.80. The lowest BCUT2D eigenvalue weighted by molar-refractivity contribution is -0.163. The molecule has 1 fully saturated rings. The number of Topliss-reactive ketones (excluding diaryl/α,β-unsaturated/α-hetero) is 1. The second-order valence-electron chi connectivity index (χ2n) is 8.85. The van der Waals surface area contributed by atoms with E-state index in [0.717, 1.165) is 44.1 Å². The SMILES string of the molecule is C=CC1(C)CCC2=C(C1)C(=O)CC1C(C)(C(=O)OC)CCCC21C. The highest BCUT2D eigenvalue weighted by Crippen LogP contribution is 2.62. The highest BCUT2D eigenvalue weighted by Gasteiger charge is 2.58. The molecule has 3 aliphatic rings. The van der Waals surface area contributed by atoms with E-state index < -0.39 is 5.41 Å². The predicted molar refractivity (Wildman–Crippen MR) is 94.4 cm³/mol. The number of carbonyl (C=O) groups excluding carboxylic acids is 2. The standard InChI is InChI=1S/C21H30O3/c1-6-19(2)11-8-15-14(13-19)16(22)12-17-20(15,3)9-7-10-21(17,4)18(23)24-5/h6,17H,1,7-13H2,2-5H3. The van der Waals surface area contributed by atoms with E-state index in [4.69, 9.17) is 4.74 Å². The molecular weight excluding hydrogens is 300 g/mol. The molecule has 0 aromatic heterocycles. The lowest BCUT2D eigenvalue weighted by Crippen LogP contribution is -2.53. The molecule has 3 nitrogen and oxygen atoms in total. The zero-order valence-electron chi connectivity index (χ0n) is 15.5. The summed E-state index contributed by atoms with van der Waals surface area (Å²) in [4.78, 5) is 25.5. The van der Waals surface area contributed by atoms with Crippen molar-refractivity contribution >= 4 is 11.8 Å². The zero-order valence-corrected chi connectivity index (χ0v) is 15.5. The van der Waals surface area contributed by atoms with Crippen LogP contribution in [0.2, 0.25) is 0 Å². The summed E-state index contributed by atoms with van der Waals surface area (Å²) in [6, 6.07) is 0. The van der Waals surface area contributed by atoms with Crippen LogP contribution in [0.1, 0.15) is 65.7 Å². The molecule has 0 heterocycles. The molecule has 3 aliphatic carbocycles. The first kappa shape index (κ1) is 17.4. The van der Waals surface area contributed by atoms with Crippen LogP contribution in [0.5, 0.6) is 0 Å².